The van der Waals surface area contributed by atoms with Crippen LogP contribution in [0.25, 0.3) is 0 Å². The van der Waals surface area contributed by atoms with Crippen LogP contribution in [-0.2, 0) is 11.3 Å². The predicted molar refractivity (Wildman–Crippen MR) is 88.2 cm³/mol. The van der Waals surface area contributed by atoms with E-state index in [1.54, 1.807) is 18.2 Å². The first-order valence-electron chi connectivity index (χ1n) is 7.63. The van der Waals surface area contributed by atoms with Gasteiger partial charge in [0.2, 0.25) is 5.91 Å². The molecule has 23 heavy (non-hydrogen) atoms. The molecule has 2 aliphatic heterocycles. The fraction of sp³-hybridized carbons (Fsp3) is 0.438. The van der Waals surface area contributed by atoms with E-state index < -0.39 is 0 Å². The molecule has 2 aliphatic rings. The molecule has 1 atom stereocenters. The third-order valence-corrected chi connectivity index (χ3v) is 4.87. The van der Waals surface area contributed by atoms with E-state index in [4.69, 9.17) is 0 Å². The summed E-state index contributed by atoms with van der Waals surface area (Å²) in [5.74, 6) is 0.0251. The number of amides is 3. The highest BCUT2D eigenvalue weighted by atomic mass is 32.2. The van der Waals surface area contributed by atoms with Crippen LogP contribution in [0.15, 0.2) is 24.3 Å². The Morgan fingerprint density at radius 3 is 2.91 bits per heavy atom. The van der Waals surface area contributed by atoms with Gasteiger partial charge in [0.25, 0.3) is 11.1 Å². The predicted octanol–water partition coefficient (Wildman–Crippen LogP) is 1.32. The van der Waals surface area contributed by atoms with E-state index in [2.05, 4.69) is 12.2 Å². The molecule has 1 aromatic carbocycles. The molecule has 7 heteroatoms. The van der Waals surface area contributed by atoms with Crippen molar-refractivity contribution in [2.45, 2.75) is 19.5 Å². The van der Waals surface area contributed by atoms with Gasteiger partial charge in [-0.05, 0) is 24.6 Å². The zero-order valence-electron chi connectivity index (χ0n) is 12.9. The third kappa shape index (κ3) is 3.56. The summed E-state index contributed by atoms with van der Waals surface area (Å²) in [5.41, 5.74) is 1.39. The van der Waals surface area contributed by atoms with Gasteiger partial charge in [-0.1, -0.05) is 23.9 Å². The van der Waals surface area contributed by atoms with Gasteiger partial charge in [-0.25, -0.2) is 0 Å². The van der Waals surface area contributed by atoms with Crippen molar-refractivity contribution in [2.24, 2.45) is 0 Å². The zero-order valence-corrected chi connectivity index (χ0v) is 13.8. The van der Waals surface area contributed by atoms with Gasteiger partial charge < -0.3 is 10.2 Å². The van der Waals surface area contributed by atoms with Crippen molar-refractivity contribution in [3.05, 3.63) is 35.4 Å². The molecule has 0 radical (unpaired) electrons. The lowest BCUT2D eigenvalue weighted by atomic mass is 10.1. The second kappa shape index (κ2) is 6.72. The molecule has 1 unspecified atom stereocenters. The van der Waals surface area contributed by atoms with Crippen molar-refractivity contribution in [1.29, 1.82) is 0 Å². The molecule has 0 aromatic heterocycles. The van der Waals surface area contributed by atoms with Crippen molar-refractivity contribution in [3.8, 4) is 0 Å². The standard InChI is InChI=1S/C16H19N3O3S/c1-11-8-18(6-5-17-11)15(21)13-4-2-3-12(7-13)9-19-14(20)10-23-16(19)22/h2-4,7,11,17H,5-6,8-10H2,1H3. The molecule has 6 nitrogen and oxygen atoms in total. The first-order valence-corrected chi connectivity index (χ1v) is 8.62. The molecule has 0 spiro atoms. The van der Waals surface area contributed by atoms with E-state index >= 15 is 0 Å². The van der Waals surface area contributed by atoms with E-state index in [1.165, 1.54) is 4.90 Å². The zero-order chi connectivity index (χ0) is 16.4. The normalized spacial score (nSPS) is 21.9. The Kier molecular flexibility index (Phi) is 4.68. The van der Waals surface area contributed by atoms with Gasteiger partial charge in [0.15, 0.2) is 0 Å². The quantitative estimate of drug-likeness (QED) is 0.903. The van der Waals surface area contributed by atoms with Gasteiger partial charge in [0.1, 0.15) is 0 Å². The summed E-state index contributed by atoms with van der Waals surface area (Å²) in [6.07, 6.45) is 0. The van der Waals surface area contributed by atoms with Crippen LogP contribution in [0.1, 0.15) is 22.8 Å². The number of thioether (sulfide) groups is 1. The minimum atomic E-state index is -0.220. The molecule has 0 bridgehead atoms. The van der Waals surface area contributed by atoms with Crippen LogP contribution in [0.5, 0.6) is 0 Å². The van der Waals surface area contributed by atoms with Gasteiger partial charge in [0, 0.05) is 31.2 Å². The summed E-state index contributed by atoms with van der Waals surface area (Å²) >= 11 is 1.02. The number of imide groups is 1. The van der Waals surface area contributed by atoms with Crippen molar-refractivity contribution < 1.29 is 14.4 Å². The Hall–Kier alpha value is -1.86. The fourth-order valence-electron chi connectivity index (χ4n) is 2.82. The SMILES string of the molecule is CC1CN(C(=O)c2cccc(CN3C(=O)CSC3=O)c2)CCN1. The Balaban J connectivity index is 1.73. The lowest BCUT2D eigenvalue weighted by Gasteiger charge is -2.32. The minimum Gasteiger partial charge on any atom is -0.336 e. The maximum atomic E-state index is 12.6. The van der Waals surface area contributed by atoms with Crippen LogP contribution in [0, 0.1) is 0 Å². The molecule has 1 N–H and O–H groups in total. The van der Waals surface area contributed by atoms with Crippen molar-refractivity contribution in [2.75, 3.05) is 25.4 Å². The number of nitrogens with zero attached hydrogens (tertiary/aromatic N) is 2. The highest BCUT2D eigenvalue weighted by Gasteiger charge is 2.30. The van der Waals surface area contributed by atoms with E-state index in [1.807, 2.05) is 11.0 Å². The molecule has 0 saturated carbocycles. The number of carbonyl (C=O) groups is 3. The maximum Gasteiger partial charge on any atom is 0.289 e. The molecular formula is C16H19N3O3S. The van der Waals surface area contributed by atoms with Crippen LogP contribution in [-0.4, -0.2) is 58.3 Å². The van der Waals surface area contributed by atoms with Crippen LogP contribution >= 0.6 is 11.8 Å². The van der Waals surface area contributed by atoms with Gasteiger partial charge in [-0.2, -0.15) is 0 Å². The first-order chi connectivity index (χ1) is 11.0. The summed E-state index contributed by atoms with van der Waals surface area (Å²) in [4.78, 5) is 39.1. The molecule has 1 aromatic rings. The average molecular weight is 333 g/mol. The third-order valence-electron chi connectivity index (χ3n) is 4.01. The van der Waals surface area contributed by atoms with Crippen LogP contribution in [0.2, 0.25) is 0 Å². The summed E-state index contributed by atoms with van der Waals surface area (Å²) in [6, 6.07) is 7.47. The Bertz CT molecular complexity index is 633. The second-order valence-corrected chi connectivity index (χ2v) is 6.77. The van der Waals surface area contributed by atoms with Crippen molar-refractivity contribution >= 4 is 28.8 Å². The number of hydrogen-bond acceptors (Lipinski definition) is 5. The molecule has 122 valence electrons. The molecule has 3 amide bonds. The Labute approximate surface area is 139 Å². The highest BCUT2D eigenvalue weighted by molar-refractivity contribution is 8.14. The molecule has 3 rings (SSSR count). The van der Waals surface area contributed by atoms with Gasteiger partial charge >= 0.3 is 0 Å². The lowest BCUT2D eigenvalue weighted by Crippen LogP contribution is -2.51. The molecule has 0 aliphatic carbocycles. The Morgan fingerprint density at radius 2 is 2.22 bits per heavy atom. The number of hydrogen-bond donors (Lipinski definition) is 1. The fourth-order valence-corrected chi connectivity index (χ4v) is 3.54. The van der Waals surface area contributed by atoms with E-state index in [9.17, 15) is 14.4 Å². The summed E-state index contributed by atoms with van der Waals surface area (Å²) in [5, 5.41) is 3.09. The highest BCUT2D eigenvalue weighted by Crippen LogP contribution is 2.21. The smallest absolute Gasteiger partial charge is 0.289 e. The summed E-state index contributed by atoms with van der Waals surface area (Å²) < 4.78 is 0. The number of benzene rings is 1. The van der Waals surface area contributed by atoms with Crippen LogP contribution in [0.4, 0.5) is 4.79 Å². The molecule has 2 saturated heterocycles. The molecule has 2 heterocycles. The topological polar surface area (TPSA) is 69.7 Å². The number of rotatable bonds is 3. The van der Waals surface area contributed by atoms with Gasteiger partial charge in [-0.3, -0.25) is 19.3 Å². The van der Waals surface area contributed by atoms with Crippen molar-refractivity contribution in [3.63, 3.8) is 0 Å². The molecule has 2 fully saturated rings. The maximum absolute atomic E-state index is 12.6. The van der Waals surface area contributed by atoms with E-state index in [0.29, 0.717) is 18.7 Å². The Morgan fingerprint density at radius 1 is 1.39 bits per heavy atom. The summed E-state index contributed by atoms with van der Waals surface area (Å²) in [6.45, 7) is 4.44. The van der Waals surface area contributed by atoms with E-state index in [-0.39, 0.29) is 35.4 Å². The largest absolute Gasteiger partial charge is 0.336 e. The second-order valence-electron chi connectivity index (χ2n) is 5.84. The number of nitrogens with one attached hydrogen (secondary N) is 1. The van der Waals surface area contributed by atoms with Crippen molar-refractivity contribution in [1.82, 2.24) is 15.1 Å². The van der Waals surface area contributed by atoms with Gasteiger partial charge in [-0.15, -0.1) is 0 Å². The average Bonchev–Trinajstić information content (AvgIpc) is 2.86. The number of carbonyl (C=O) groups excluding carboxylic acids is 3. The van der Waals surface area contributed by atoms with E-state index in [0.717, 1.165) is 23.9 Å². The minimum absolute atomic E-state index is 0.00588. The summed E-state index contributed by atoms with van der Waals surface area (Å²) in [7, 11) is 0. The van der Waals surface area contributed by atoms with Gasteiger partial charge in [0.05, 0.1) is 12.3 Å². The van der Waals surface area contributed by atoms with Crippen LogP contribution in [0.3, 0.4) is 0 Å². The lowest BCUT2D eigenvalue weighted by molar-refractivity contribution is -0.125. The molecular weight excluding hydrogens is 314 g/mol. The van der Waals surface area contributed by atoms with Crippen LogP contribution < -0.4 is 5.32 Å². The first kappa shape index (κ1) is 16.0. The number of piperazine rings is 1. The monoisotopic (exact) mass is 333 g/mol.